The standard InChI is InChI=1S/C19H19FN4O/c1-14-22-19(16-5-3-2-4-6-16)24(23-14)13-18(25)21-12-11-15-7-9-17(20)10-8-15/h2-10H,11-13H2,1H3,(H,21,25). The van der Waals surface area contributed by atoms with Gasteiger partial charge in [-0.15, -0.1) is 0 Å². The number of amides is 1. The number of carbonyl (C=O) groups is 1. The fourth-order valence-electron chi connectivity index (χ4n) is 2.56. The van der Waals surface area contributed by atoms with Crippen LogP contribution in [-0.2, 0) is 17.8 Å². The Labute approximate surface area is 145 Å². The summed E-state index contributed by atoms with van der Waals surface area (Å²) in [6.07, 6.45) is 0.647. The van der Waals surface area contributed by atoms with Gasteiger partial charge in [-0.2, -0.15) is 5.10 Å². The third kappa shape index (κ3) is 4.50. The predicted molar refractivity (Wildman–Crippen MR) is 93.3 cm³/mol. The van der Waals surface area contributed by atoms with Gasteiger partial charge in [0.15, 0.2) is 5.82 Å². The second-order valence-electron chi connectivity index (χ2n) is 5.73. The first-order valence-electron chi connectivity index (χ1n) is 8.10. The third-order valence-electron chi connectivity index (χ3n) is 3.75. The van der Waals surface area contributed by atoms with E-state index >= 15 is 0 Å². The van der Waals surface area contributed by atoms with Crippen molar-refractivity contribution >= 4 is 5.91 Å². The van der Waals surface area contributed by atoms with E-state index in [9.17, 15) is 9.18 Å². The number of hydrogen-bond acceptors (Lipinski definition) is 3. The highest BCUT2D eigenvalue weighted by atomic mass is 19.1. The number of hydrogen-bond donors (Lipinski definition) is 1. The molecule has 0 saturated heterocycles. The minimum absolute atomic E-state index is 0.106. The minimum atomic E-state index is -0.261. The van der Waals surface area contributed by atoms with Crippen LogP contribution in [-0.4, -0.2) is 27.2 Å². The maximum Gasteiger partial charge on any atom is 0.241 e. The predicted octanol–water partition coefficient (Wildman–Crippen LogP) is 2.75. The Balaban J connectivity index is 1.59. The quantitative estimate of drug-likeness (QED) is 0.752. The number of halogens is 1. The lowest BCUT2D eigenvalue weighted by molar-refractivity contribution is -0.121. The van der Waals surface area contributed by atoms with E-state index in [1.54, 1.807) is 23.7 Å². The molecule has 128 valence electrons. The molecule has 1 amide bonds. The van der Waals surface area contributed by atoms with E-state index in [1.165, 1.54) is 12.1 Å². The molecule has 0 aliphatic heterocycles. The molecule has 6 heteroatoms. The number of carbonyl (C=O) groups excluding carboxylic acids is 1. The Kier molecular flexibility index (Phi) is 5.18. The Morgan fingerprint density at radius 1 is 1.12 bits per heavy atom. The van der Waals surface area contributed by atoms with Crippen LogP contribution in [0.3, 0.4) is 0 Å². The van der Waals surface area contributed by atoms with Crippen molar-refractivity contribution in [3.63, 3.8) is 0 Å². The molecule has 0 aliphatic carbocycles. The van der Waals surface area contributed by atoms with Crippen LogP contribution in [0.2, 0.25) is 0 Å². The lowest BCUT2D eigenvalue weighted by Gasteiger charge is -2.08. The Bertz CT molecular complexity index is 844. The van der Waals surface area contributed by atoms with Gasteiger partial charge in [0.25, 0.3) is 0 Å². The first-order chi connectivity index (χ1) is 12.1. The summed E-state index contributed by atoms with van der Waals surface area (Å²) in [6, 6.07) is 15.9. The molecule has 0 saturated carbocycles. The highest BCUT2D eigenvalue weighted by Crippen LogP contribution is 2.16. The van der Waals surface area contributed by atoms with Crippen molar-refractivity contribution in [2.45, 2.75) is 19.9 Å². The number of nitrogens with zero attached hydrogens (tertiary/aromatic N) is 3. The summed E-state index contributed by atoms with van der Waals surface area (Å²) in [5.41, 5.74) is 1.89. The molecule has 3 aromatic rings. The monoisotopic (exact) mass is 338 g/mol. The van der Waals surface area contributed by atoms with Crippen molar-refractivity contribution in [2.24, 2.45) is 0 Å². The van der Waals surface area contributed by atoms with E-state index in [0.717, 1.165) is 11.1 Å². The molecule has 25 heavy (non-hydrogen) atoms. The summed E-state index contributed by atoms with van der Waals surface area (Å²) >= 11 is 0. The highest BCUT2D eigenvalue weighted by molar-refractivity contribution is 5.76. The van der Waals surface area contributed by atoms with Crippen LogP contribution in [0.4, 0.5) is 4.39 Å². The first-order valence-corrected chi connectivity index (χ1v) is 8.10. The molecular weight excluding hydrogens is 319 g/mol. The molecule has 3 rings (SSSR count). The van der Waals surface area contributed by atoms with E-state index in [2.05, 4.69) is 15.4 Å². The first kappa shape index (κ1) is 16.8. The van der Waals surface area contributed by atoms with Crippen molar-refractivity contribution in [1.82, 2.24) is 20.1 Å². The molecule has 0 bridgehead atoms. The molecule has 0 spiro atoms. The summed E-state index contributed by atoms with van der Waals surface area (Å²) in [5, 5.41) is 7.17. The lowest BCUT2D eigenvalue weighted by Crippen LogP contribution is -2.30. The van der Waals surface area contributed by atoms with Gasteiger partial charge < -0.3 is 5.32 Å². The minimum Gasteiger partial charge on any atom is -0.354 e. The van der Waals surface area contributed by atoms with Crippen molar-refractivity contribution in [1.29, 1.82) is 0 Å². The van der Waals surface area contributed by atoms with Gasteiger partial charge in [0, 0.05) is 12.1 Å². The molecule has 2 aromatic carbocycles. The van der Waals surface area contributed by atoms with Crippen molar-refractivity contribution in [3.05, 3.63) is 71.8 Å². The number of aromatic nitrogens is 3. The van der Waals surface area contributed by atoms with E-state index < -0.39 is 0 Å². The van der Waals surface area contributed by atoms with E-state index in [4.69, 9.17) is 0 Å². The number of rotatable bonds is 6. The molecule has 0 unspecified atom stereocenters. The summed E-state index contributed by atoms with van der Waals surface area (Å²) in [6.45, 7) is 2.39. The van der Waals surface area contributed by atoms with Gasteiger partial charge in [-0.05, 0) is 31.0 Å². The molecular formula is C19H19FN4O. The van der Waals surface area contributed by atoms with Crippen LogP contribution in [0.5, 0.6) is 0 Å². The molecule has 5 nitrogen and oxygen atoms in total. The van der Waals surface area contributed by atoms with Crippen LogP contribution < -0.4 is 5.32 Å². The van der Waals surface area contributed by atoms with Crippen molar-refractivity contribution in [2.75, 3.05) is 6.54 Å². The van der Waals surface area contributed by atoms with Gasteiger partial charge >= 0.3 is 0 Å². The molecule has 0 fully saturated rings. The van der Waals surface area contributed by atoms with Crippen LogP contribution in [0.15, 0.2) is 54.6 Å². The van der Waals surface area contributed by atoms with Crippen LogP contribution in [0.1, 0.15) is 11.4 Å². The van der Waals surface area contributed by atoms with Crippen molar-refractivity contribution < 1.29 is 9.18 Å². The Morgan fingerprint density at radius 3 is 2.56 bits per heavy atom. The smallest absolute Gasteiger partial charge is 0.241 e. The van der Waals surface area contributed by atoms with Gasteiger partial charge in [-0.25, -0.2) is 14.1 Å². The van der Waals surface area contributed by atoms with Gasteiger partial charge in [0.2, 0.25) is 5.91 Å². The van der Waals surface area contributed by atoms with E-state index in [1.807, 2.05) is 30.3 Å². The van der Waals surface area contributed by atoms with E-state index in [0.29, 0.717) is 24.6 Å². The van der Waals surface area contributed by atoms with Gasteiger partial charge in [-0.3, -0.25) is 4.79 Å². The lowest BCUT2D eigenvalue weighted by atomic mass is 10.1. The summed E-state index contributed by atoms with van der Waals surface area (Å²) in [5.74, 6) is 0.900. The van der Waals surface area contributed by atoms with Crippen LogP contribution in [0, 0.1) is 12.7 Å². The normalized spacial score (nSPS) is 10.6. The average molecular weight is 338 g/mol. The third-order valence-corrected chi connectivity index (χ3v) is 3.75. The average Bonchev–Trinajstić information content (AvgIpc) is 2.97. The summed E-state index contributed by atoms with van der Waals surface area (Å²) < 4.78 is 14.5. The molecule has 1 N–H and O–H groups in total. The van der Waals surface area contributed by atoms with Gasteiger partial charge in [0.1, 0.15) is 18.2 Å². The summed E-state index contributed by atoms with van der Waals surface area (Å²) in [7, 11) is 0. The highest BCUT2D eigenvalue weighted by Gasteiger charge is 2.12. The fraction of sp³-hybridized carbons (Fsp3) is 0.211. The molecule has 1 heterocycles. The topological polar surface area (TPSA) is 59.8 Å². The van der Waals surface area contributed by atoms with E-state index in [-0.39, 0.29) is 18.3 Å². The van der Waals surface area contributed by atoms with Gasteiger partial charge in [-0.1, -0.05) is 42.5 Å². The maximum atomic E-state index is 12.9. The summed E-state index contributed by atoms with van der Waals surface area (Å²) in [4.78, 5) is 16.6. The zero-order chi connectivity index (χ0) is 17.6. The zero-order valence-corrected chi connectivity index (χ0v) is 13.9. The Morgan fingerprint density at radius 2 is 1.84 bits per heavy atom. The second-order valence-corrected chi connectivity index (χ2v) is 5.73. The Hall–Kier alpha value is -3.02. The molecule has 0 atom stereocenters. The zero-order valence-electron chi connectivity index (χ0n) is 13.9. The molecule has 1 aromatic heterocycles. The van der Waals surface area contributed by atoms with Gasteiger partial charge in [0.05, 0.1) is 0 Å². The fourth-order valence-corrected chi connectivity index (χ4v) is 2.56. The maximum absolute atomic E-state index is 12.9. The number of benzene rings is 2. The number of nitrogens with one attached hydrogen (secondary N) is 1. The van der Waals surface area contributed by atoms with Crippen molar-refractivity contribution in [3.8, 4) is 11.4 Å². The van der Waals surface area contributed by atoms with Crippen LogP contribution >= 0.6 is 0 Å². The molecule has 0 aliphatic rings. The number of aryl methyl sites for hydroxylation is 1. The molecule has 0 radical (unpaired) electrons. The SMILES string of the molecule is Cc1nc(-c2ccccc2)n(CC(=O)NCCc2ccc(F)cc2)n1. The largest absolute Gasteiger partial charge is 0.354 e. The van der Waals surface area contributed by atoms with Crippen LogP contribution in [0.25, 0.3) is 11.4 Å². The second kappa shape index (κ2) is 7.70.